The predicted molar refractivity (Wildman–Crippen MR) is 77.8 cm³/mol. The van der Waals surface area contributed by atoms with E-state index in [4.69, 9.17) is 4.42 Å². The van der Waals surface area contributed by atoms with E-state index >= 15 is 0 Å². The van der Waals surface area contributed by atoms with Crippen molar-refractivity contribution in [3.05, 3.63) is 36.7 Å². The second kappa shape index (κ2) is 5.92. The maximum Gasteiger partial charge on any atom is 0.163 e. The second-order valence-corrected chi connectivity index (χ2v) is 4.94. The normalized spacial score (nSPS) is 12.7. The lowest BCUT2D eigenvalue weighted by Crippen LogP contribution is -2.20. The largest absolute Gasteiger partial charge is 0.469 e. The maximum atomic E-state index is 9.49. The number of aryl methyl sites for hydroxylation is 1. The third-order valence-corrected chi connectivity index (χ3v) is 3.42. The zero-order valence-electron chi connectivity index (χ0n) is 11.7. The molecule has 3 heterocycles. The summed E-state index contributed by atoms with van der Waals surface area (Å²) in [6.07, 6.45) is 5.56. The van der Waals surface area contributed by atoms with E-state index < -0.39 is 0 Å². The van der Waals surface area contributed by atoms with Gasteiger partial charge in [-0.05, 0) is 12.1 Å². The summed E-state index contributed by atoms with van der Waals surface area (Å²) in [5.74, 6) is 1.65. The molecular formula is C14H17N5O2. The number of nitrogens with zero attached hydrogens (tertiary/aromatic N) is 4. The van der Waals surface area contributed by atoms with Crippen LogP contribution < -0.4 is 5.32 Å². The fourth-order valence-electron chi connectivity index (χ4n) is 2.26. The third kappa shape index (κ3) is 2.87. The average molecular weight is 287 g/mol. The topological polar surface area (TPSA) is 89.0 Å². The third-order valence-electron chi connectivity index (χ3n) is 3.42. The van der Waals surface area contributed by atoms with E-state index in [1.807, 2.05) is 19.2 Å². The molecule has 0 saturated heterocycles. The molecule has 0 saturated carbocycles. The van der Waals surface area contributed by atoms with Crippen LogP contribution in [0.3, 0.4) is 0 Å². The smallest absolute Gasteiger partial charge is 0.163 e. The first-order valence-corrected chi connectivity index (χ1v) is 6.77. The van der Waals surface area contributed by atoms with Crippen LogP contribution >= 0.6 is 0 Å². The minimum absolute atomic E-state index is 0.0536. The summed E-state index contributed by atoms with van der Waals surface area (Å²) in [4.78, 5) is 8.44. The highest BCUT2D eigenvalue weighted by Gasteiger charge is 2.13. The number of nitrogens with one attached hydrogen (secondary N) is 1. The maximum absolute atomic E-state index is 9.49. The van der Waals surface area contributed by atoms with Crippen LogP contribution in [0.25, 0.3) is 11.0 Å². The van der Waals surface area contributed by atoms with Gasteiger partial charge in [0.25, 0.3) is 0 Å². The summed E-state index contributed by atoms with van der Waals surface area (Å²) in [5, 5.41) is 17.8. The summed E-state index contributed by atoms with van der Waals surface area (Å²) in [5.41, 5.74) is 0.777. The first-order chi connectivity index (χ1) is 10.3. The van der Waals surface area contributed by atoms with E-state index in [0.717, 1.165) is 22.6 Å². The van der Waals surface area contributed by atoms with Gasteiger partial charge in [0.2, 0.25) is 0 Å². The van der Waals surface area contributed by atoms with Crippen molar-refractivity contribution >= 4 is 16.9 Å². The van der Waals surface area contributed by atoms with Crippen molar-refractivity contribution in [1.29, 1.82) is 0 Å². The summed E-state index contributed by atoms with van der Waals surface area (Å²) >= 11 is 0. The number of furan rings is 1. The molecule has 3 aromatic rings. The van der Waals surface area contributed by atoms with Crippen molar-refractivity contribution < 1.29 is 9.52 Å². The lowest BCUT2D eigenvalue weighted by atomic mass is 10.1. The quantitative estimate of drug-likeness (QED) is 0.708. The number of aromatic nitrogens is 4. The Morgan fingerprint density at radius 2 is 2.33 bits per heavy atom. The summed E-state index contributed by atoms with van der Waals surface area (Å²) < 4.78 is 7.02. The Kier molecular flexibility index (Phi) is 3.83. The highest BCUT2D eigenvalue weighted by molar-refractivity contribution is 5.85. The molecule has 0 aliphatic rings. The Morgan fingerprint density at radius 3 is 3.10 bits per heavy atom. The number of aliphatic hydroxyl groups excluding tert-OH is 1. The van der Waals surface area contributed by atoms with Crippen LogP contribution in [0, 0.1) is 5.92 Å². The molecule has 7 nitrogen and oxygen atoms in total. The van der Waals surface area contributed by atoms with Crippen molar-refractivity contribution in [2.45, 2.75) is 6.42 Å². The molecular weight excluding hydrogens is 270 g/mol. The molecule has 0 fully saturated rings. The number of fused-ring (bicyclic) bond motifs is 1. The van der Waals surface area contributed by atoms with E-state index in [1.165, 1.54) is 6.33 Å². The van der Waals surface area contributed by atoms with Gasteiger partial charge >= 0.3 is 0 Å². The van der Waals surface area contributed by atoms with Gasteiger partial charge in [-0.25, -0.2) is 9.97 Å². The van der Waals surface area contributed by atoms with Crippen LogP contribution in [0.4, 0.5) is 5.82 Å². The highest BCUT2D eigenvalue weighted by atomic mass is 16.3. The molecule has 21 heavy (non-hydrogen) atoms. The van der Waals surface area contributed by atoms with Crippen LogP contribution in [0.2, 0.25) is 0 Å². The van der Waals surface area contributed by atoms with Crippen LogP contribution in [0.5, 0.6) is 0 Å². The highest BCUT2D eigenvalue weighted by Crippen LogP contribution is 2.18. The number of hydrogen-bond acceptors (Lipinski definition) is 6. The minimum Gasteiger partial charge on any atom is -0.469 e. The summed E-state index contributed by atoms with van der Waals surface area (Å²) in [6.45, 7) is 0.674. The first-order valence-electron chi connectivity index (χ1n) is 6.77. The zero-order chi connectivity index (χ0) is 14.7. The lowest BCUT2D eigenvalue weighted by molar-refractivity contribution is 0.226. The van der Waals surface area contributed by atoms with Gasteiger partial charge in [0.05, 0.1) is 17.8 Å². The van der Waals surface area contributed by atoms with Gasteiger partial charge in [-0.15, -0.1) is 0 Å². The predicted octanol–water partition coefficient (Wildman–Crippen LogP) is 1.22. The second-order valence-electron chi connectivity index (χ2n) is 4.94. The monoisotopic (exact) mass is 287 g/mol. The van der Waals surface area contributed by atoms with Gasteiger partial charge < -0.3 is 14.8 Å². The summed E-state index contributed by atoms with van der Waals surface area (Å²) in [7, 11) is 1.84. The Bertz CT molecular complexity index is 707. The molecule has 0 amide bonds. The fourth-order valence-corrected chi connectivity index (χ4v) is 2.26. The van der Waals surface area contributed by atoms with Crippen LogP contribution in [0.15, 0.2) is 35.3 Å². The molecule has 0 unspecified atom stereocenters. The van der Waals surface area contributed by atoms with Gasteiger partial charge in [0.1, 0.15) is 17.9 Å². The van der Waals surface area contributed by atoms with E-state index in [-0.39, 0.29) is 12.5 Å². The molecule has 2 N–H and O–H groups in total. The Morgan fingerprint density at radius 1 is 1.43 bits per heavy atom. The Hall–Kier alpha value is -2.41. The fraction of sp³-hybridized carbons (Fsp3) is 0.357. The van der Waals surface area contributed by atoms with E-state index in [2.05, 4.69) is 20.4 Å². The van der Waals surface area contributed by atoms with E-state index in [0.29, 0.717) is 13.0 Å². The molecule has 0 bridgehead atoms. The van der Waals surface area contributed by atoms with Gasteiger partial charge in [-0.2, -0.15) is 5.10 Å². The van der Waals surface area contributed by atoms with Crippen molar-refractivity contribution in [2.24, 2.45) is 13.0 Å². The average Bonchev–Trinajstić information content (AvgIpc) is 3.14. The Labute approximate surface area is 121 Å². The van der Waals surface area contributed by atoms with Gasteiger partial charge in [0, 0.05) is 32.5 Å². The van der Waals surface area contributed by atoms with Crippen LogP contribution in [0.1, 0.15) is 5.76 Å². The molecule has 1 atom stereocenters. The number of hydrogen-bond donors (Lipinski definition) is 2. The van der Waals surface area contributed by atoms with Gasteiger partial charge in [-0.1, -0.05) is 0 Å². The molecule has 0 aliphatic heterocycles. The first kappa shape index (κ1) is 13.6. The van der Waals surface area contributed by atoms with E-state index in [1.54, 1.807) is 17.1 Å². The standard InChI is InChI=1S/C14H17N5O2/c1-19-14-12(7-18-19)13(16-9-17-14)15-6-10(8-20)5-11-3-2-4-21-11/h2-4,7,9-10,20H,5-6,8H2,1H3,(H,15,16,17)/t10-/m1/s1. The molecule has 0 aromatic carbocycles. The molecule has 3 aromatic heterocycles. The molecule has 110 valence electrons. The van der Waals surface area contributed by atoms with Crippen molar-refractivity contribution in [1.82, 2.24) is 19.7 Å². The molecule has 0 spiro atoms. The summed E-state index contributed by atoms with van der Waals surface area (Å²) in [6, 6.07) is 3.76. The number of anilines is 1. The lowest BCUT2D eigenvalue weighted by Gasteiger charge is -2.14. The van der Waals surface area contributed by atoms with E-state index in [9.17, 15) is 5.11 Å². The van der Waals surface area contributed by atoms with Crippen molar-refractivity contribution in [3.8, 4) is 0 Å². The SMILES string of the molecule is Cn1ncc2c(NC[C@H](CO)Cc3ccco3)ncnc21. The molecule has 0 aliphatic carbocycles. The number of rotatable bonds is 6. The molecule has 0 radical (unpaired) electrons. The van der Waals surface area contributed by atoms with Crippen molar-refractivity contribution in [2.75, 3.05) is 18.5 Å². The zero-order valence-corrected chi connectivity index (χ0v) is 11.7. The van der Waals surface area contributed by atoms with Crippen molar-refractivity contribution in [3.63, 3.8) is 0 Å². The molecule has 7 heteroatoms. The van der Waals surface area contributed by atoms with Gasteiger partial charge in [-0.3, -0.25) is 4.68 Å². The van der Waals surface area contributed by atoms with Crippen LogP contribution in [-0.4, -0.2) is 38.0 Å². The molecule has 3 rings (SSSR count). The minimum atomic E-state index is 0.0536. The van der Waals surface area contributed by atoms with Gasteiger partial charge in [0.15, 0.2) is 5.65 Å². The number of aliphatic hydroxyl groups is 1. The van der Waals surface area contributed by atoms with Crippen LogP contribution in [-0.2, 0) is 13.5 Å². The Balaban J connectivity index is 1.70.